The van der Waals surface area contributed by atoms with E-state index < -0.39 is 23.9 Å². The van der Waals surface area contributed by atoms with Gasteiger partial charge in [0, 0.05) is 20.7 Å². The van der Waals surface area contributed by atoms with Gasteiger partial charge in [0.15, 0.2) is 5.78 Å². The molecule has 3 aromatic carbocycles. The van der Waals surface area contributed by atoms with Gasteiger partial charge in [-0.3, -0.25) is 14.4 Å². The molecule has 4 atom stereocenters. The van der Waals surface area contributed by atoms with E-state index in [4.69, 9.17) is 16.3 Å². The number of imide groups is 1. The Morgan fingerprint density at radius 1 is 0.974 bits per heavy atom. The molecule has 0 aromatic heterocycles. The summed E-state index contributed by atoms with van der Waals surface area (Å²) in [6.45, 7) is 2.71. The van der Waals surface area contributed by atoms with Crippen LogP contribution < -0.4 is 14.5 Å². The van der Waals surface area contributed by atoms with Crippen molar-refractivity contribution in [2.75, 3.05) is 16.4 Å². The molecule has 6 nitrogen and oxygen atoms in total. The Bertz CT molecular complexity index is 1490. The third kappa shape index (κ3) is 4.38. The molecule has 2 fully saturated rings. The van der Waals surface area contributed by atoms with E-state index in [1.807, 2.05) is 29.2 Å². The number of carbonyl (C=O) groups excluding carboxylic acids is 3. The number of benzene rings is 3. The van der Waals surface area contributed by atoms with Crippen molar-refractivity contribution in [1.29, 1.82) is 0 Å². The quantitative estimate of drug-likeness (QED) is 0.174. The van der Waals surface area contributed by atoms with E-state index in [1.165, 1.54) is 4.90 Å². The summed E-state index contributed by atoms with van der Waals surface area (Å²) in [5.41, 5.74) is 2.61. The first-order valence-electron chi connectivity index (χ1n) is 13.1. The van der Waals surface area contributed by atoms with Crippen LogP contribution in [-0.4, -0.2) is 36.3 Å². The zero-order valence-corrected chi connectivity index (χ0v) is 23.6. The van der Waals surface area contributed by atoms with Crippen molar-refractivity contribution in [3.8, 4) is 5.75 Å². The number of ketones is 1. The van der Waals surface area contributed by atoms with Gasteiger partial charge < -0.3 is 9.64 Å². The third-order valence-electron chi connectivity index (χ3n) is 7.73. The van der Waals surface area contributed by atoms with Gasteiger partial charge in [0.1, 0.15) is 11.8 Å². The second-order valence-corrected chi connectivity index (χ2v) is 11.4. The Morgan fingerprint density at radius 2 is 1.69 bits per heavy atom. The second-order valence-electron chi connectivity index (χ2n) is 10.0. The van der Waals surface area contributed by atoms with Crippen molar-refractivity contribution in [3.63, 3.8) is 0 Å². The molecule has 39 heavy (non-hydrogen) atoms. The maximum Gasteiger partial charge on any atom is 0.240 e. The number of anilines is 2. The van der Waals surface area contributed by atoms with E-state index in [0.29, 0.717) is 28.6 Å². The molecule has 0 spiro atoms. The van der Waals surface area contributed by atoms with Gasteiger partial charge in [0.2, 0.25) is 11.8 Å². The zero-order valence-electron chi connectivity index (χ0n) is 21.2. The fourth-order valence-corrected chi connectivity index (χ4v) is 6.35. The van der Waals surface area contributed by atoms with Crippen molar-refractivity contribution in [2.45, 2.75) is 31.8 Å². The van der Waals surface area contributed by atoms with Crippen LogP contribution in [0.15, 0.2) is 77.3 Å². The Labute approximate surface area is 240 Å². The molecule has 0 bridgehead atoms. The molecule has 3 aromatic rings. The highest BCUT2D eigenvalue weighted by Crippen LogP contribution is 2.50. The van der Waals surface area contributed by atoms with Crippen molar-refractivity contribution in [1.82, 2.24) is 0 Å². The van der Waals surface area contributed by atoms with Crippen LogP contribution in [0.5, 0.6) is 5.75 Å². The molecule has 0 N–H and O–H groups in total. The summed E-state index contributed by atoms with van der Waals surface area (Å²) in [6.07, 6.45) is 5.82. The molecule has 3 aliphatic heterocycles. The zero-order chi connectivity index (χ0) is 27.3. The summed E-state index contributed by atoms with van der Waals surface area (Å²) in [5.74, 6) is -1.69. The van der Waals surface area contributed by atoms with Gasteiger partial charge in [-0.2, -0.15) is 0 Å². The fourth-order valence-electron chi connectivity index (χ4n) is 5.91. The number of hydrogen-bond donors (Lipinski definition) is 0. The van der Waals surface area contributed by atoms with Crippen molar-refractivity contribution >= 4 is 62.6 Å². The smallest absolute Gasteiger partial charge is 0.240 e. The SMILES string of the molecule is CCCCOc1ccc(N2C(=O)[C@@H]3[C@H](C2=O)[C@H](C(=O)c2ccc(Br)cc2)N2c4ccc(Cl)cc4C=C[C@H]32)cc1. The van der Waals surface area contributed by atoms with Crippen LogP contribution in [-0.2, 0) is 9.59 Å². The van der Waals surface area contributed by atoms with Crippen LogP contribution in [0.3, 0.4) is 0 Å². The maximum absolute atomic E-state index is 14.1. The standard InChI is InChI=1S/C31H26BrClN2O4/c1-2-3-16-39-23-12-10-22(11-13-23)34-30(37)26-25-14-6-19-17-21(33)9-15-24(19)35(25)28(27(26)31(34)38)29(36)18-4-7-20(32)8-5-18/h4-15,17,25-28H,2-3,16H2,1H3/t25-,26+,27+,28-/m1/s1. The number of amides is 2. The molecule has 0 radical (unpaired) electrons. The van der Waals surface area contributed by atoms with E-state index in [9.17, 15) is 14.4 Å². The second kappa shape index (κ2) is 10.3. The summed E-state index contributed by atoms with van der Waals surface area (Å²) >= 11 is 9.68. The highest BCUT2D eigenvalue weighted by molar-refractivity contribution is 9.10. The summed E-state index contributed by atoms with van der Waals surface area (Å²) in [5, 5.41) is 0.576. The molecule has 0 aliphatic carbocycles. The van der Waals surface area contributed by atoms with Crippen LogP contribution in [0, 0.1) is 11.8 Å². The average molecular weight is 606 g/mol. The van der Waals surface area contributed by atoms with Crippen LogP contribution >= 0.6 is 27.5 Å². The number of carbonyl (C=O) groups is 3. The molecule has 2 saturated heterocycles. The molecular formula is C31H26BrClN2O4. The number of hydrogen-bond acceptors (Lipinski definition) is 5. The van der Waals surface area contributed by atoms with Crippen molar-refractivity contribution in [2.24, 2.45) is 11.8 Å². The van der Waals surface area contributed by atoms with Crippen LogP contribution in [0.1, 0.15) is 35.7 Å². The van der Waals surface area contributed by atoms with Gasteiger partial charge in [0.25, 0.3) is 0 Å². The molecule has 8 heteroatoms. The van der Waals surface area contributed by atoms with Gasteiger partial charge in [-0.05, 0) is 66.6 Å². The van der Waals surface area contributed by atoms with Gasteiger partial charge in [-0.25, -0.2) is 4.90 Å². The predicted octanol–water partition coefficient (Wildman–Crippen LogP) is 6.55. The minimum Gasteiger partial charge on any atom is -0.494 e. The topological polar surface area (TPSA) is 66.9 Å². The number of unbranched alkanes of at least 4 members (excludes halogenated alkanes) is 1. The number of fused-ring (bicyclic) bond motifs is 5. The lowest BCUT2D eigenvalue weighted by atomic mass is 9.86. The first kappa shape index (κ1) is 25.8. The molecule has 0 unspecified atom stereocenters. The molecule has 2 amide bonds. The van der Waals surface area contributed by atoms with Gasteiger partial charge in [0.05, 0.1) is 30.2 Å². The summed E-state index contributed by atoms with van der Waals surface area (Å²) < 4.78 is 6.60. The first-order chi connectivity index (χ1) is 18.9. The van der Waals surface area contributed by atoms with E-state index in [1.54, 1.807) is 54.6 Å². The van der Waals surface area contributed by atoms with E-state index in [2.05, 4.69) is 22.9 Å². The lowest BCUT2D eigenvalue weighted by Crippen LogP contribution is -2.48. The number of ether oxygens (including phenoxy) is 1. The molecule has 6 rings (SSSR count). The summed E-state index contributed by atoms with van der Waals surface area (Å²) in [4.78, 5) is 45.3. The minimum atomic E-state index is -0.843. The van der Waals surface area contributed by atoms with Gasteiger partial charge >= 0.3 is 0 Å². The number of halogens is 2. The molecule has 3 heterocycles. The normalized spacial score (nSPS) is 23.1. The van der Waals surface area contributed by atoms with Crippen molar-refractivity contribution < 1.29 is 19.1 Å². The van der Waals surface area contributed by atoms with Gasteiger partial charge in [-0.15, -0.1) is 0 Å². The monoisotopic (exact) mass is 604 g/mol. The minimum absolute atomic E-state index is 0.195. The van der Waals surface area contributed by atoms with E-state index >= 15 is 0 Å². The number of nitrogens with zero attached hydrogens (tertiary/aromatic N) is 2. The van der Waals surface area contributed by atoms with Crippen LogP contribution in [0.2, 0.25) is 5.02 Å². The molecular weight excluding hydrogens is 580 g/mol. The average Bonchev–Trinajstić information content (AvgIpc) is 3.41. The Balaban J connectivity index is 1.39. The lowest BCUT2D eigenvalue weighted by molar-refractivity contribution is -0.122. The predicted molar refractivity (Wildman–Crippen MR) is 155 cm³/mol. The van der Waals surface area contributed by atoms with Gasteiger partial charge in [-0.1, -0.05) is 65.2 Å². The largest absolute Gasteiger partial charge is 0.494 e. The highest BCUT2D eigenvalue weighted by atomic mass is 79.9. The maximum atomic E-state index is 14.1. The van der Waals surface area contributed by atoms with E-state index in [-0.39, 0.29) is 17.6 Å². The molecule has 198 valence electrons. The van der Waals surface area contributed by atoms with Crippen LogP contribution in [0.25, 0.3) is 6.08 Å². The van der Waals surface area contributed by atoms with Crippen molar-refractivity contribution in [3.05, 3.63) is 93.4 Å². The Morgan fingerprint density at radius 3 is 2.41 bits per heavy atom. The van der Waals surface area contributed by atoms with E-state index in [0.717, 1.165) is 28.6 Å². The summed E-state index contributed by atoms with van der Waals surface area (Å²) in [7, 11) is 0. The number of Topliss-reactive ketones (excluding diaryl/α,β-unsaturated/α-hetero) is 1. The molecule has 0 saturated carbocycles. The lowest BCUT2D eigenvalue weighted by Gasteiger charge is -2.36. The Hall–Kier alpha value is -3.42. The van der Waals surface area contributed by atoms with Crippen LogP contribution in [0.4, 0.5) is 11.4 Å². The Kier molecular flexibility index (Phi) is 6.81. The third-order valence-corrected chi connectivity index (χ3v) is 8.49. The number of rotatable bonds is 7. The first-order valence-corrected chi connectivity index (χ1v) is 14.2. The summed E-state index contributed by atoms with van der Waals surface area (Å²) in [6, 6.07) is 18.3. The fraction of sp³-hybridized carbons (Fsp3) is 0.258. The highest BCUT2D eigenvalue weighted by Gasteiger charge is 2.64. The molecule has 3 aliphatic rings.